The van der Waals surface area contributed by atoms with Crippen LogP contribution >= 0.6 is 11.6 Å². The number of benzene rings is 1. The summed E-state index contributed by atoms with van der Waals surface area (Å²) >= 11 is 5.99. The number of nitrogens with zero attached hydrogens (tertiary/aromatic N) is 3. The Kier molecular flexibility index (Phi) is 4.67. The molecule has 0 bridgehead atoms. The quantitative estimate of drug-likeness (QED) is 0.850. The molecule has 0 unspecified atom stereocenters. The van der Waals surface area contributed by atoms with Crippen LogP contribution in [0.1, 0.15) is 31.4 Å². The molecule has 1 aliphatic carbocycles. The van der Waals surface area contributed by atoms with Crippen molar-refractivity contribution in [3.8, 4) is 17.0 Å². The molecule has 0 saturated heterocycles. The second-order valence-corrected chi connectivity index (χ2v) is 6.43. The first-order valence-corrected chi connectivity index (χ1v) is 8.38. The van der Waals surface area contributed by atoms with E-state index in [2.05, 4.69) is 5.10 Å². The van der Waals surface area contributed by atoms with Gasteiger partial charge in [0.25, 0.3) is 0 Å². The van der Waals surface area contributed by atoms with Crippen molar-refractivity contribution in [3.63, 3.8) is 0 Å². The number of likely N-dealkylation sites (N-methyl/N-ethyl adjacent to an activating group) is 1. The Labute approximate surface area is 149 Å². The van der Waals surface area contributed by atoms with Crippen LogP contribution in [0.25, 0.3) is 11.3 Å². The van der Waals surface area contributed by atoms with Crippen molar-refractivity contribution in [1.29, 1.82) is 0 Å². The zero-order valence-corrected chi connectivity index (χ0v) is 14.4. The van der Waals surface area contributed by atoms with E-state index in [1.807, 2.05) is 0 Å². The SMILES string of the molecule is CCN(CC(=O)O)C(=O)n1nc(-c2cc(Cl)ccc2O)cc1C1CC1. The van der Waals surface area contributed by atoms with Crippen molar-refractivity contribution in [2.75, 3.05) is 13.1 Å². The van der Waals surface area contributed by atoms with E-state index >= 15 is 0 Å². The highest BCUT2D eigenvalue weighted by atomic mass is 35.5. The van der Waals surface area contributed by atoms with E-state index in [1.165, 1.54) is 15.6 Å². The summed E-state index contributed by atoms with van der Waals surface area (Å²) in [5, 5.41) is 23.8. The summed E-state index contributed by atoms with van der Waals surface area (Å²) in [6.07, 6.45) is 1.90. The van der Waals surface area contributed by atoms with Crippen molar-refractivity contribution in [2.45, 2.75) is 25.7 Å². The fourth-order valence-corrected chi connectivity index (χ4v) is 2.85. The molecule has 25 heavy (non-hydrogen) atoms. The fraction of sp³-hybridized carbons (Fsp3) is 0.353. The first kappa shape index (κ1) is 17.3. The van der Waals surface area contributed by atoms with Gasteiger partial charge in [0.1, 0.15) is 12.3 Å². The van der Waals surface area contributed by atoms with Gasteiger partial charge in [0.15, 0.2) is 0 Å². The molecule has 2 N–H and O–H groups in total. The van der Waals surface area contributed by atoms with E-state index < -0.39 is 18.5 Å². The van der Waals surface area contributed by atoms with E-state index in [0.717, 1.165) is 18.5 Å². The zero-order valence-electron chi connectivity index (χ0n) is 13.6. The highest BCUT2D eigenvalue weighted by molar-refractivity contribution is 6.30. The standard InChI is InChI=1S/C17H18ClN3O4/c1-2-20(9-16(23)24)17(25)21-14(10-3-4-10)8-13(19-21)12-7-11(18)5-6-15(12)22/h5-8,10,22H,2-4,9H2,1H3,(H,23,24). The predicted molar refractivity (Wildman–Crippen MR) is 92.0 cm³/mol. The third kappa shape index (κ3) is 3.61. The molecule has 1 saturated carbocycles. The third-order valence-corrected chi connectivity index (χ3v) is 4.36. The number of carboxylic acids is 1. The lowest BCUT2D eigenvalue weighted by Crippen LogP contribution is -2.39. The van der Waals surface area contributed by atoms with Crippen LogP contribution in [0.2, 0.25) is 5.02 Å². The molecule has 0 atom stereocenters. The number of carboxylic acid groups (broad SMARTS) is 1. The number of phenolic OH excluding ortho intramolecular Hbond substituents is 1. The van der Waals surface area contributed by atoms with Crippen molar-refractivity contribution < 1.29 is 19.8 Å². The summed E-state index contributed by atoms with van der Waals surface area (Å²) in [5.41, 5.74) is 1.59. The van der Waals surface area contributed by atoms with Gasteiger partial charge in [-0.2, -0.15) is 9.78 Å². The topological polar surface area (TPSA) is 95.7 Å². The van der Waals surface area contributed by atoms with Crippen LogP contribution in [0.3, 0.4) is 0 Å². The average molecular weight is 364 g/mol. The Morgan fingerprint density at radius 1 is 1.36 bits per heavy atom. The van der Waals surface area contributed by atoms with Gasteiger partial charge in [0, 0.05) is 23.0 Å². The lowest BCUT2D eigenvalue weighted by Gasteiger charge is -2.19. The number of hydrogen-bond donors (Lipinski definition) is 2. The molecule has 1 aromatic heterocycles. The van der Waals surface area contributed by atoms with Gasteiger partial charge >= 0.3 is 12.0 Å². The summed E-state index contributed by atoms with van der Waals surface area (Å²) in [6.45, 7) is 1.58. The summed E-state index contributed by atoms with van der Waals surface area (Å²) in [6, 6.07) is 5.89. The smallest absolute Gasteiger partial charge is 0.345 e. The maximum Gasteiger partial charge on any atom is 0.345 e. The zero-order chi connectivity index (χ0) is 18.1. The Morgan fingerprint density at radius 3 is 2.68 bits per heavy atom. The number of aromatic nitrogens is 2. The molecule has 1 aliphatic rings. The van der Waals surface area contributed by atoms with Gasteiger partial charge in [-0.25, -0.2) is 4.79 Å². The molecule has 1 fully saturated rings. The number of aromatic hydroxyl groups is 1. The molecule has 8 heteroatoms. The minimum atomic E-state index is -1.08. The monoisotopic (exact) mass is 363 g/mol. The maximum absolute atomic E-state index is 12.7. The normalized spacial score (nSPS) is 13.7. The van der Waals surface area contributed by atoms with Crippen molar-refractivity contribution >= 4 is 23.6 Å². The molecule has 1 amide bonds. The summed E-state index contributed by atoms with van der Waals surface area (Å²) < 4.78 is 1.25. The summed E-state index contributed by atoms with van der Waals surface area (Å²) in [5.74, 6) is -0.847. The maximum atomic E-state index is 12.7. The largest absolute Gasteiger partial charge is 0.507 e. The van der Waals surface area contributed by atoms with E-state index in [1.54, 1.807) is 25.1 Å². The molecule has 0 aliphatic heterocycles. The van der Waals surface area contributed by atoms with Gasteiger partial charge < -0.3 is 15.1 Å². The van der Waals surface area contributed by atoms with Crippen molar-refractivity contribution in [3.05, 3.63) is 35.0 Å². The number of halogens is 1. The van der Waals surface area contributed by atoms with Crippen molar-refractivity contribution in [1.82, 2.24) is 14.7 Å². The molecule has 1 aromatic carbocycles. The molecular formula is C17H18ClN3O4. The first-order valence-electron chi connectivity index (χ1n) is 8.00. The van der Waals surface area contributed by atoms with Crippen LogP contribution in [0.4, 0.5) is 4.79 Å². The second kappa shape index (κ2) is 6.76. The lowest BCUT2D eigenvalue weighted by molar-refractivity contribution is -0.137. The minimum absolute atomic E-state index is 0.0155. The van der Waals surface area contributed by atoms with Gasteiger partial charge in [-0.3, -0.25) is 4.79 Å². The number of phenols is 1. The highest BCUT2D eigenvalue weighted by Crippen LogP contribution is 2.42. The fourth-order valence-electron chi connectivity index (χ4n) is 2.68. The summed E-state index contributed by atoms with van der Waals surface area (Å²) in [7, 11) is 0. The Morgan fingerprint density at radius 2 is 2.08 bits per heavy atom. The van der Waals surface area contributed by atoms with Crippen molar-refractivity contribution in [2.24, 2.45) is 0 Å². The Bertz CT molecular complexity index is 829. The molecule has 0 radical (unpaired) electrons. The number of carbonyl (C=O) groups excluding carboxylic acids is 1. The van der Waals surface area contributed by atoms with Crippen LogP contribution in [0.5, 0.6) is 5.75 Å². The van der Waals surface area contributed by atoms with E-state index in [-0.39, 0.29) is 18.2 Å². The predicted octanol–water partition coefficient (Wildman–Crippen LogP) is 3.16. The van der Waals surface area contributed by atoms with Gasteiger partial charge in [0.2, 0.25) is 0 Å². The van der Waals surface area contributed by atoms with Crippen LogP contribution in [0.15, 0.2) is 24.3 Å². The highest BCUT2D eigenvalue weighted by Gasteiger charge is 2.32. The number of amides is 1. The van der Waals surface area contributed by atoms with Crippen LogP contribution in [-0.2, 0) is 4.79 Å². The third-order valence-electron chi connectivity index (χ3n) is 4.13. The number of carbonyl (C=O) groups is 2. The minimum Gasteiger partial charge on any atom is -0.507 e. The van der Waals surface area contributed by atoms with Gasteiger partial charge in [-0.15, -0.1) is 0 Å². The van der Waals surface area contributed by atoms with Gasteiger partial charge in [-0.1, -0.05) is 11.6 Å². The van der Waals surface area contributed by atoms with E-state index in [9.17, 15) is 14.7 Å². The van der Waals surface area contributed by atoms with Crippen LogP contribution in [0, 0.1) is 0 Å². The molecular weight excluding hydrogens is 346 g/mol. The van der Waals surface area contributed by atoms with Crippen LogP contribution in [-0.4, -0.2) is 50.0 Å². The molecule has 132 valence electrons. The Balaban J connectivity index is 2.02. The average Bonchev–Trinajstić information content (AvgIpc) is 3.33. The number of hydrogen-bond acceptors (Lipinski definition) is 4. The molecule has 1 heterocycles. The number of aliphatic carboxylic acids is 1. The second-order valence-electron chi connectivity index (χ2n) is 5.99. The van der Waals surface area contributed by atoms with E-state index in [0.29, 0.717) is 16.3 Å². The molecule has 7 nitrogen and oxygen atoms in total. The van der Waals surface area contributed by atoms with Gasteiger partial charge in [0.05, 0.1) is 11.4 Å². The molecule has 3 rings (SSSR count). The summed E-state index contributed by atoms with van der Waals surface area (Å²) in [4.78, 5) is 24.9. The first-order chi connectivity index (χ1) is 11.9. The van der Waals surface area contributed by atoms with E-state index in [4.69, 9.17) is 16.7 Å². The lowest BCUT2D eigenvalue weighted by atomic mass is 10.1. The Hall–Kier alpha value is -2.54. The molecule has 0 spiro atoms. The van der Waals surface area contributed by atoms with Crippen LogP contribution < -0.4 is 0 Å². The van der Waals surface area contributed by atoms with Gasteiger partial charge in [-0.05, 0) is 44.0 Å². The number of rotatable bonds is 5. The molecule has 2 aromatic rings.